The summed E-state index contributed by atoms with van der Waals surface area (Å²) in [5.74, 6) is -3.00. The molecule has 0 amide bonds. The molecule has 1 rings (SSSR count). The average molecular weight is 215 g/mol. The van der Waals surface area contributed by atoms with Crippen molar-refractivity contribution in [1.29, 1.82) is 0 Å². The van der Waals surface area contributed by atoms with E-state index in [0.717, 1.165) is 13.2 Å². The van der Waals surface area contributed by atoms with Crippen LogP contribution in [0, 0.1) is 15.9 Å². The number of methoxy groups -OCH3 is 1. The topological polar surface area (TPSA) is 89.7 Å². The maximum atomic E-state index is 13.3. The number of rotatable bonds is 2. The largest absolute Gasteiger partial charge is 0.508 e. The highest BCUT2D eigenvalue weighted by Gasteiger charge is 2.24. The fourth-order valence-electron chi connectivity index (χ4n) is 0.986. The molecule has 0 atom stereocenters. The van der Waals surface area contributed by atoms with E-state index in [0.29, 0.717) is 6.07 Å². The first-order valence-corrected chi connectivity index (χ1v) is 3.72. The van der Waals surface area contributed by atoms with Crippen molar-refractivity contribution in [3.63, 3.8) is 0 Å². The average Bonchev–Trinajstić information content (AvgIpc) is 2.19. The molecule has 1 N–H and O–H groups in total. The molecule has 0 aliphatic rings. The van der Waals surface area contributed by atoms with Crippen LogP contribution in [0.2, 0.25) is 0 Å². The van der Waals surface area contributed by atoms with E-state index >= 15 is 0 Å². The van der Waals surface area contributed by atoms with E-state index in [9.17, 15) is 19.3 Å². The summed E-state index contributed by atoms with van der Waals surface area (Å²) in [5.41, 5.74) is -1.65. The number of hydrogen-bond donors (Lipinski definition) is 1. The first kappa shape index (κ1) is 10.9. The standard InChI is InChI=1S/C8H6FNO5/c1-15-8(12)5-2-4(11)3-6(7(5)9)10(13)14/h2-3,11H,1H3. The molecule has 0 heterocycles. The Morgan fingerprint density at radius 2 is 2.20 bits per heavy atom. The van der Waals surface area contributed by atoms with Gasteiger partial charge in [0.1, 0.15) is 11.3 Å². The Hall–Kier alpha value is -2.18. The molecular formula is C8H6FNO5. The molecule has 0 bridgehead atoms. The fraction of sp³-hybridized carbons (Fsp3) is 0.125. The Morgan fingerprint density at radius 1 is 1.60 bits per heavy atom. The summed E-state index contributed by atoms with van der Waals surface area (Å²) in [4.78, 5) is 20.3. The van der Waals surface area contributed by atoms with E-state index in [2.05, 4.69) is 4.74 Å². The molecule has 1 aromatic rings. The van der Waals surface area contributed by atoms with Gasteiger partial charge in [-0.25, -0.2) is 4.79 Å². The summed E-state index contributed by atoms with van der Waals surface area (Å²) in [6.07, 6.45) is 0. The van der Waals surface area contributed by atoms with Crippen LogP contribution in [0.5, 0.6) is 5.75 Å². The van der Waals surface area contributed by atoms with Crippen molar-refractivity contribution >= 4 is 11.7 Å². The van der Waals surface area contributed by atoms with Gasteiger partial charge >= 0.3 is 11.7 Å². The first-order valence-electron chi connectivity index (χ1n) is 3.72. The number of nitrogens with zero attached hydrogens (tertiary/aromatic N) is 1. The normalized spacial score (nSPS) is 9.73. The van der Waals surface area contributed by atoms with Gasteiger partial charge in [-0.3, -0.25) is 10.1 Å². The summed E-state index contributed by atoms with van der Waals surface area (Å²) >= 11 is 0. The zero-order valence-corrected chi connectivity index (χ0v) is 7.56. The maximum Gasteiger partial charge on any atom is 0.341 e. The second kappa shape index (κ2) is 3.91. The van der Waals surface area contributed by atoms with Gasteiger partial charge in [0.05, 0.1) is 18.1 Å². The van der Waals surface area contributed by atoms with Crippen molar-refractivity contribution in [1.82, 2.24) is 0 Å². The molecule has 0 radical (unpaired) electrons. The lowest BCUT2D eigenvalue weighted by Crippen LogP contribution is -2.06. The van der Waals surface area contributed by atoms with Crippen LogP contribution in [0.25, 0.3) is 0 Å². The third-order valence-electron chi connectivity index (χ3n) is 1.64. The molecule has 0 saturated heterocycles. The van der Waals surface area contributed by atoms with Crippen LogP contribution in [0.1, 0.15) is 10.4 Å². The number of esters is 1. The second-order valence-electron chi connectivity index (χ2n) is 2.58. The number of halogens is 1. The van der Waals surface area contributed by atoms with Crippen LogP contribution in [0.4, 0.5) is 10.1 Å². The Balaban J connectivity index is 3.41. The van der Waals surface area contributed by atoms with E-state index < -0.39 is 33.7 Å². The molecule has 0 aliphatic heterocycles. The minimum atomic E-state index is -1.33. The quantitative estimate of drug-likeness (QED) is 0.455. The summed E-state index contributed by atoms with van der Waals surface area (Å²) in [7, 11) is 0.998. The molecule has 0 unspecified atom stereocenters. The lowest BCUT2D eigenvalue weighted by molar-refractivity contribution is -0.387. The Labute approximate surface area is 83.0 Å². The third kappa shape index (κ3) is 2.01. The number of carbonyl (C=O) groups excluding carboxylic acids is 1. The number of phenols is 1. The van der Waals surface area contributed by atoms with Gasteiger partial charge in [0, 0.05) is 0 Å². The van der Waals surface area contributed by atoms with Crippen molar-refractivity contribution in [3.8, 4) is 5.75 Å². The first-order chi connectivity index (χ1) is 6.97. The summed E-state index contributed by atoms with van der Waals surface area (Å²) < 4.78 is 17.5. The minimum absolute atomic E-state index is 0.580. The van der Waals surface area contributed by atoms with Crippen LogP contribution in [-0.2, 0) is 4.74 Å². The van der Waals surface area contributed by atoms with Crippen LogP contribution >= 0.6 is 0 Å². The van der Waals surface area contributed by atoms with Gasteiger partial charge in [0.2, 0.25) is 5.82 Å². The smallest absolute Gasteiger partial charge is 0.341 e. The van der Waals surface area contributed by atoms with Gasteiger partial charge in [-0.15, -0.1) is 0 Å². The van der Waals surface area contributed by atoms with Crippen LogP contribution in [0.3, 0.4) is 0 Å². The number of aromatic hydroxyl groups is 1. The van der Waals surface area contributed by atoms with Crippen molar-refractivity contribution in [2.75, 3.05) is 7.11 Å². The number of nitro groups is 1. The lowest BCUT2D eigenvalue weighted by atomic mass is 10.1. The molecule has 0 aliphatic carbocycles. The molecule has 0 aromatic heterocycles. The second-order valence-corrected chi connectivity index (χ2v) is 2.58. The summed E-state index contributed by atoms with van der Waals surface area (Å²) in [6.45, 7) is 0. The number of hydrogen-bond acceptors (Lipinski definition) is 5. The molecule has 1 aromatic carbocycles. The Bertz CT molecular complexity index is 431. The van der Waals surface area contributed by atoms with E-state index in [1.807, 2.05) is 0 Å². The van der Waals surface area contributed by atoms with E-state index in [1.165, 1.54) is 0 Å². The van der Waals surface area contributed by atoms with Crippen molar-refractivity contribution in [3.05, 3.63) is 33.6 Å². The molecule has 0 fully saturated rings. The molecular weight excluding hydrogens is 209 g/mol. The van der Waals surface area contributed by atoms with E-state index in [4.69, 9.17) is 5.11 Å². The molecule has 6 nitrogen and oxygen atoms in total. The lowest BCUT2D eigenvalue weighted by Gasteiger charge is -2.02. The molecule has 7 heteroatoms. The van der Waals surface area contributed by atoms with Crippen molar-refractivity contribution in [2.24, 2.45) is 0 Å². The van der Waals surface area contributed by atoms with Gasteiger partial charge in [0.25, 0.3) is 0 Å². The zero-order valence-electron chi connectivity index (χ0n) is 7.56. The number of ether oxygens (including phenoxy) is 1. The SMILES string of the molecule is COC(=O)c1cc(O)cc([N+](=O)[O-])c1F. The predicted octanol–water partition coefficient (Wildman–Crippen LogP) is 1.23. The van der Waals surface area contributed by atoms with Crippen molar-refractivity contribution < 1.29 is 24.0 Å². The number of phenolic OH excluding ortho intramolecular Hbond substituents is 1. The molecule has 0 saturated carbocycles. The van der Waals surface area contributed by atoms with Crippen LogP contribution < -0.4 is 0 Å². The van der Waals surface area contributed by atoms with E-state index in [-0.39, 0.29) is 0 Å². The third-order valence-corrected chi connectivity index (χ3v) is 1.64. The van der Waals surface area contributed by atoms with Crippen molar-refractivity contribution in [2.45, 2.75) is 0 Å². The summed E-state index contributed by atoms with van der Waals surface area (Å²) in [6, 6.07) is 1.37. The molecule has 80 valence electrons. The highest BCUT2D eigenvalue weighted by molar-refractivity contribution is 5.91. The monoisotopic (exact) mass is 215 g/mol. The summed E-state index contributed by atoms with van der Waals surface area (Å²) in [5, 5.41) is 19.4. The maximum absolute atomic E-state index is 13.3. The highest BCUT2D eigenvalue weighted by atomic mass is 19.1. The fourth-order valence-corrected chi connectivity index (χ4v) is 0.986. The van der Waals surface area contributed by atoms with Gasteiger partial charge in [0.15, 0.2) is 0 Å². The number of nitro benzene ring substituents is 1. The van der Waals surface area contributed by atoms with Gasteiger partial charge < -0.3 is 9.84 Å². The zero-order chi connectivity index (χ0) is 11.6. The minimum Gasteiger partial charge on any atom is -0.508 e. The van der Waals surface area contributed by atoms with Gasteiger partial charge in [-0.2, -0.15) is 4.39 Å². The highest BCUT2D eigenvalue weighted by Crippen LogP contribution is 2.26. The molecule has 0 spiro atoms. The number of benzene rings is 1. The van der Waals surface area contributed by atoms with E-state index in [1.54, 1.807) is 0 Å². The van der Waals surface area contributed by atoms with Gasteiger partial charge in [-0.05, 0) is 6.07 Å². The predicted molar refractivity (Wildman–Crippen MR) is 46.1 cm³/mol. The van der Waals surface area contributed by atoms with Gasteiger partial charge in [-0.1, -0.05) is 0 Å². The Kier molecular flexibility index (Phi) is 2.84. The Morgan fingerprint density at radius 3 is 2.67 bits per heavy atom. The van der Waals surface area contributed by atoms with Crippen LogP contribution in [-0.4, -0.2) is 23.1 Å². The number of carbonyl (C=O) groups is 1. The molecule has 15 heavy (non-hydrogen) atoms. The van der Waals surface area contributed by atoms with Crippen LogP contribution in [0.15, 0.2) is 12.1 Å².